The van der Waals surface area contributed by atoms with Crippen molar-refractivity contribution in [2.75, 3.05) is 6.54 Å². The zero-order valence-electron chi connectivity index (χ0n) is 12.4. The maximum atomic E-state index is 5.93. The minimum absolute atomic E-state index is 0.536. The lowest BCUT2D eigenvalue weighted by Gasteiger charge is -2.12. The van der Waals surface area contributed by atoms with Crippen molar-refractivity contribution in [3.8, 4) is 5.75 Å². The van der Waals surface area contributed by atoms with E-state index in [1.807, 2.05) is 6.92 Å². The predicted octanol–water partition coefficient (Wildman–Crippen LogP) is 3.84. The fraction of sp³-hybridized carbons (Fsp3) is 0.438. The molecule has 1 aromatic heterocycles. The predicted molar refractivity (Wildman–Crippen MR) is 84.4 cm³/mol. The van der Waals surface area contributed by atoms with Crippen LogP contribution in [0, 0.1) is 13.8 Å². The molecular formula is C16H22N2OS. The smallest absolute Gasteiger partial charge is 0.131 e. The molecule has 0 spiro atoms. The van der Waals surface area contributed by atoms with Gasteiger partial charge in [-0.25, -0.2) is 4.98 Å². The van der Waals surface area contributed by atoms with Gasteiger partial charge in [0.1, 0.15) is 12.4 Å². The van der Waals surface area contributed by atoms with E-state index < -0.39 is 0 Å². The van der Waals surface area contributed by atoms with E-state index in [1.54, 1.807) is 11.3 Å². The number of aromatic nitrogens is 1. The number of rotatable bonds is 7. The highest BCUT2D eigenvalue weighted by Gasteiger charge is 2.06. The third-order valence-corrected chi connectivity index (χ3v) is 3.82. The van der Waals surface area contributed by atoms with Crippen LogP contribution in [0.5, 0.6) is 5.75 Å². The summed E-state index contributed by atoms with van der Waals surface area (Å²) in [5, 5.41) is 6.56. The maximum absolute atomic E-state index is 5.93. The van der Waals surface area contributed by atoms with E-state index in [4.69, 9.17) is 4.74 Å². The summed E-state index contributed by atoms with van der Waals surface area (Å²) in [6.45, 7) is 8.70. The number of nitrogens with one attached hydrogen (secondary N) is 1. The van der Waals surface area contributed by atoms with Crippen molar-refractivity contribution in [3.63, 3.8) is 0 Å². The van der Waals surface area contributed by atoms with E-state index in [1.165, 1.54) is 11.1 Å². The van der Waals surface area contributed by atoms with E-state index in [2.05, 4.69) is 47.7 Å². The van der Waals surface area contributed by atoms with Gasteiger partial charge < -0.3 is 10.1 Å². The van der Waals surface area contributed by atoms with Crippen LogP contribution in [0.25, 0.3) is 0 Å². The van der Waals surface area contributed by atoms with E-state index in [-0.39, 0.29) is 0 Å². The van der Waals surface area contributed by atoms with Gasteiger partial charge in [0.05, 0.1) is 10.7 Å². The molecule has 0 atom stereocenters. The highest BCUT2D eigenvalue weighted by Crippen LogP contribution is 2.21. The number of aryl methyl sites for hydroxylation is 2. The molecule has 1 heterocycles. The Morgan fingerprint density at radius 2 is 2.15 bits per heavy atom. The van der Waals surface area contributed by atoms with Crippen molar-refractivity contribution >= 4 is 11.3 Å². The molecule has 3 nitrogen and oxygen atoms in total. The highest BCUT2D eigenvalue weighted by atomic mass is 32.1. The topological polar surface area (TPSA) is 34.1 Å². The minimum atomic E-state index is 0.536. The quantitative estimate of drug-likeness (QED) is 0.787. The van der Waals surface area contributed by atoms with Gasteiger partial charge in [-0.3, -0.25) is 0 Å². The zero-order chi connectivity index (χ0) is 14.4. The molecule has 0 unspecified atom stereocenters. The Bertz CT molecular complexity index is 551. The van der Waals surface area contributed by atoms with Crippen molar-refractivity contribution in [2.45, 2.75) is 40.3 Å². The molecule has 20 heavy (non-hydrogen) atoms. The average molecular weight is 290 g/mol. The number of thiazole rings is 1. The lowest BCUT2D eigenvalue weighted by atomic mass is 10.1. The van der Waals surface area contributed by atoms with Crippen LogP contribution >= 0.6 is 11.3 Å². The summed E-state index contributed by atoms with van der Waals surface area (Å²) in [6.07, 6.45) is 1.14. The van der Waals surface area contributed by atoms with E-state index in [0.29, 0.717) is 6.61 Å². The van der Waals surface area contributed by atoms with Crippen LogP contribution in [0.1, 0.15) is 35.2 Å². The summed E-state index contributed by atoms with van der Waals surface area (Å²) in [5.41, 5.74) is 3.47. The summed E-state index contributed by atoms with van der Waals surface area (Å²) in [7, 11) is 0. The molecule has 0 aliphatic heterocycles. The van der Waals surface area contributed by atoms with Gasteiger partial charge in [-0.05, 0) is 32.9 Å². The second kappa shape index (κ2) is 7.41. The molecule has 0 amide bonds. The second-order valence-corrected chi connectivity index (χ2v) is 6.00. The molecule has 0 aliphatic rings. The third kappa shape index (κ3) is 4.32. The van der Waals surface area contributed by atoms with Gasteiger partial charge in [-0.1, -0.05) is 24.6 Å². The first kappa shape index (κ1) is 15.0. The summed E-state index contributed by atoms with van der Waals surface area (Å²) < 4.78 is 5.93. The number of benzene rings is 1. The normalized spacial score (nSPS) is 10.8. The Balaban J connectivity index is 2.01. The SMILES string of the molecule is CCCNCc1cc(C)ccc1OCc1csc(C)n1. The standard InChI is InChI=1S/C16H22N2OS/c1-4-7-17-9-14-8-12(2)5-6-16(14)19-10-15-11-20-13(3)18-15/h5-6,8,11,17H,4,7,9-10H2,1-3H3. The summed E-state index contributed by atoms with van der Waals surface area (Å²) in [5.74, 6) is 0.949. The molecule has 0 aliphatic carbocycles. The maximum Gasteiger partial charge on any atom is 0.131 e. The fourth-order valence-corrected chi connectivity index (χ4v) is 2.61. The molecule has 108 valence electrons. The molecule has 2 aromatic rings. The fourth-order valence-electron chi connectivity index (χ4n) is 2.01. The lowest BCUT2D eigenvalue weighted by Crippen LogP contribution is -2.14. The van der Waals surface area contributed by atoms with Gasteiger partial charge in [-0.15, -0.1) is 11.3 Å². The highest BCUT2D eigenvalue weighted by molar-refractivity contribution is 7.09. The van der Waals surface area contributed by atoms with Gasteiger partial charge in [0.25, 0.3) is 0 Å². The van der Waals surface area contributed by atoms with Crippen LogP contribution < -0.4 is 10.1 Å². The van der Waals surface area contributed by atoms with Crippen LogP contribution in [-0.2, 0) is 13.2 Å². The van der Waals surface area contributed by atoms with Crippen molar-refractivity contribution in [3.05, 3.63) is 45.4 Å². The monoisotopic (exact) mass is 290 g/mol. The molecule has 1 aromatic carbocycles. The van der Waals surface area contributed by atoms with Crippen molar-refractivity contribution in [1.29, 1.82) is 0 Å². The Morgan fingerprint density at radius 3 is 2.85 bits per heavy atom. The Labute approximate surface area is 125 Å². The van der Waals surface area contributed by atoms with E-state index >= 15 is 0 Å². The van der Waals surface area contributed by atoms with Crippen molar-refractivity contribution < 1.29 is 4.74 Å². The summed E-state index contributed by atoms with van der Waals surface area (Å²) >= 11 is 1.66. The Kier molecular flexibility index (Phi) is 5.56. The minimum Gasteiger partial charge on any atom is -0.487 e. The van der Waals surface area contributed by atoms with Gasteiger partial charge in [-0.2, -0.15) is 0 Å². The summed E-state index contributed by atoms with van der Waals surface area (Å²) in [4.78, 5) is 4.43. The van der Waals surface area contributed by atoms with Crippen molar-refractivity contribution in [2.24, 2.45) is 0 Å². The van der Waals surface area contributed by atoms with Gasteiger partial charge in [0, 0.05) is 17.5 Å². The first-order valence-corrected chi connectivity index (χ1v) is 7.91. The summed E-state index contributed by atoms with van der Waals surface area (Å²) in [6, 6.07) is 6.33. The van der Waals surface area contributed by atoms with Gasteiger partial charge in [0.15, 0.2) is 0 Å². The lowest BCUT2D eigenvalue weighted by molar-refractivity contribution is 0.298. The van der Waals surface area contributed by atoms with Crippen LogP contribution in [0.15, 0.2) is 23.6 Å². The molecule has 0 radical (unpaired) electrons. The average Bonchev–Trinajstić information content (AvgIpc) is 2.84. The molecule has 0 saturated heterocycles. The molecule has 0 fully saturated rings. The zero-order valence-corrected chi connectivity index (χ0v) is 13.2. The molecule has 0 bridgehead atoms. The van der Waals surface area contributed by atoms with Gasteiger partial charge in [0.2, 0.25) is 0 Å². The van der Waals surface area contributed by atoms with Crippen LogP contribution in [-0.4, -0.2) is 11.5 Å². The second-order valence-electron chi connectivity index (χ2n) is 4.93. The molecule has 1 N–H and O–H groups in total. The Morgan fingerprint density at radius 1 is 1.30 bits per heavy atom. The van der Waals surface area contributed by atoms with Crippen LogP contribution in [0.4, 0.5) is 0 Å². The molecular weight excluding hydrogens is 268 g/mol. The first-order chi connectivity index (χ1) is 9.69. The number of hydrogen-bond acceptors (Lipinski definition) is 4. The van der Waals surface area contributed by atoms with Crippen LogP contribution in [0.3, 0.4) is 0 Å². The largest absolute Gasteiger partial charge is 0.487 e. The first-order valence-electron chi connectivity index (χ1n) is 7.03. The van der Waals surface area contributed by atoms with Gasteiger partial charge >= 0.3 is 0 Å². The van der Waals surface area contributed by atoms with Crippen molar-refractivity contribution in [1.82, 2.24) is 10.3 Å². The van der Waals surface area contributed by atoms with E-state index in [9.17, 15) is 0 Å². The number of nitrogens with zero attached hydrogens (tertiary/aromatic N) is 1. The Hall–Kier alpha value is -1.39. The third-order valence-electron chi connectivity index (χ3n) is 3.00. The molecule has 0 saturated carbocycles. The number of hydrogen-bond donors (Lipinski definition) is 1. The molecule has 2 rings (SSSR count). The number of ether oxygens (including phenoxy) is 1. The van der Waals surface area contributed by atoms with E-state index in [0.717, 1.165) is 36.0 Å². The molecule has 4 heteroatoms. The van der Waals surface area contributed by atoms with Crippen LogP contribution in [0.2, 0.25) is 0 Å².